The molecule has 0 aromatic heterocycles. The first kappa shape index (κ1) is 86.4. The largest absolute Gasteiger partial charge is 0.466 e. The first-order chi connectivity index (χ1) is 44.7. The smallest absolute Gasteiger partial charge is 0.305 e. The highest BCUT2D eigenvalue weighted by Gasteiger charge is 2.44. The van der Waals surface area contributed by atoms with Crippen LogP contribution < -0.4 is 5.32 Å². The van der Waals surface area contributed by atoms with E-state index >= 15 is 0 Å². The van der Waals surface area contributed by atoms with Crippen molar-refractivity contribution in [2.24, 2.45) is 0 Å². The number of nitrogens with one attached hydrogen (secondary N) is 1. The number of esters is 1. The van der Waals surface area contributed by atoms with Gasteiger partial charge in [0.1, 0.15) is 24.4 Å². The minimum Gasteiger partial charge on any atom is -0.466 e. The van der Waals surface area contributed by atoms with Crippen LogP contribution in [0.2, 0.25) is 0 Å². The molecule has 11 heteroatoms. The maximum absolute atomic E-state index is 13.0. The Morgan fingerprint density at radius 1 is 0.407 bits per heavy atom. The number of carbonyl (C=O) groups excluding carboxylic acids is 2. The predicted molar refractivity (Wildman–Crippen MR) is 384 cm³/mol. The molecule has 0 radical (unpaired) electrons. The van der Waals surface area contributed by atoms with Gasteiger partial charge < -0.3 is 45.1 Å². The van der Waals surface area contributed by atoms with Crippen molar-refractivity contribution in [3.63, 3.8) is 0 Å². The lowest BCUT2D eigenvalue weighted by Gasteiger charge is -2.40. The van der Waals surface area contributed by atoms with E-state index in [0.717, 1.165) is 70.6 Å². The third-order valence-corrected chi connectivity index (χ3v) is 18.3. The van der Waals surface area contributed by atoms with Crippen molar-refractivity contribution in [3.8, 4) is 0 Å². The zero-order valence-electron chi connectivity index (χ0n) is 59.3. The quantitative estimate of drug-likeness (QED) is 0.0195. The molecular formula is C80H147NO10. The van der Waals surface area contributed by atoms with Crippen LogP contribution in [0.1, 0.15) is 373 Å². The summed E-state index contributed by atoms with van der Waals surface area (Å²) in [4.78, 5) is 25.2. The van der Waals surface area contributed by atoms with Crippen molar-refractivity contribution in [1.29, 1.82) is 0 Å². The lowest BCUT2D eigenvalue weighted by molar-refractivity contribution is -0.302. The van der Waals surface area contributed by atoms with E-state index in [1.54, 1.807) is 6.08 Å². The summed E-state index contributed by atoms with van der Waals surface area (Å²) >= 11 is 0. The molecule has 1 rings (SSSR count). The molecule has 7 unspecified atom stereocenters. The second-order valence-electron chi connectivity index (χ2n) is 27.1. The SMILES string of the molecule is CCCCC/C=C\C/C=C\CCCCCCCCCCCC(=O)OCCCCCCCCCCCCC/C=C\C/C=C\CCCCCCCCCCCCCCCCCCCC(=O)NC(COC1OC(CO)C(O)C(O)C1O)C(O)/C=C/CCCCCCCCC. The zero-order chi connectivity index (χ0) is 65.8. The van der Waals surface area contributed by atoms with E-state index in [1.165, 1.54) is 276 Å². The van der Waals surface area contributed by atoms with Gasteiger partial charge in [-0.05, 0) is 96.3 Å². The van der Waals surface area contributed by atoms with Crippen molar-refractivity contribution >= 4 is 11.9 Å². The molecule has 1 amide bonds. The molecule has 1 saturated heterocycles. The van der Waals surface area contributed by atoms with Crippen LogP contribution in [0.25, 0.3) is 0 Å². The number of amides is 1. The van der Waals surface area contributed by atoms with E-state index in [-0.39, 0.29) is 18.5 Å². The predicted octanol–water partition coefficient (Wildman–Crippen LogP) is 20.9. The number of hydrogen-bond acceptors (Lipinski definition) is 10. The third-order valence-electron chi connectivity index (χ3n) is 18.3. The van der Waals surface area contributed by atoms with Crippen LogP contribution >= 0.6 is 0 Å². The van der Waals surface area contributed by atoms with Gasteiger partial charge in [-0.15, -0.1) is 0 Å². The van der Waals surface area contributed by atoms with Gasteiger partial charge in [0.25, 0.3) is 0 Å². The topological polar surface area (TPSA) is 175 Å². The zero-order valence-corrected chi connectivity index (χ0v) is 59.3. The average molecular weight is 1280 g/mol. The normalized spacial score (nSPS) is 17.9. The van der Waals surface area contributed by atoms with Crippen molar-refractivity contribution in [3.05, 3.63) is 60.8 Å². The first-order valence-corrected chi connectivity index (χ1v) is 39.1. The molecule has 1 aliphatic rings. The molecule has 532 valence electrons. The van der Waals surface area contributed by atoms with Gasteiger partial charge in [-0.25, -0.2) is 0 Å². The Bertz CT molecular complexity index is 1700. The molecule has 0 spiro atoms. The lowest BCUT2D eigenvalue weighted by atomic mass is 9.99. The van der Waals surface area contributed by atoms with E-state index in [1.807, 2.05) is 6.08 Å². The highest BCUT2D eigenvalue weighted by molar-refractivity contribution is 5.76. The van der Waals surface area contributed by atoms with Crippen molar-refractivity contribution in [2.45, 2.75) is 416 Å². The van der Waals surface area contributed by atoms with Gasteiger partial charge in [0.05, 0.1) is 32.0 Å². The van der Waals surface area contributed by atoms with Gasteiger partial charge in [-0.1, -0.05) is 325 Å². The molecular weight excluding hydrogens is 1130 g/mol. The monoisotopic (exact) mass is 1280 g/mol. The summed E-state index contributed by atoms with van der Waals surface area (Å²) in [5.41, 5.74) is 0. The van der Waals surface area contributed by atoms with E-state index in [9.17, 15) is 35.1 Å². The molecule has 1 fully saturated rings. The number of carbonyl (C=O) groups is 2. The van der Waals surface area contributed by atoms with E-state index in [4.69, 9.17) is 14.2 Å². The lowest BCUT2D eigenvalue weighted by Crippen LogP contribution is -2.60. The van der Waals surface area contributed by atoms with Gasteiger partial charge in [0.2, 0.25) is 5.91 Å². The number of allylic oxidation sites excluding steroid dienone is 9. The summed E-state index contributed by atoms with van der Waals surface area (Å²) in [6, 6.07) is -0.808. The Morgan fingerprint density at radius 3 is 1.13 bits per heavy atom. The third kappa shape index (κ3) is 57.3. The molecule has 91 heavy (non-hydrogen) atoms. The fraction of sp³-hybridized carbons (Fsp3) is 0.850. The number of aliphatic hydroxyl groups is 5. The van der Waals surface area contributed by atoms with Gasteiger partial charge in [-0.3, -0.25) is 9.59 Å². The van der Waals surface area contributed by atoms with E-state index in [0.29, 0.717) is 19.4 Å². The second-order valence-corrected chi connectivity index (χ2v) is 27.1. The molecule has 0 bridgehead atoms. The van der Waals surface area contributed by atoms with Gasteiger partial charge >= 0.3 is 5.97 Å². The average Bonchev–Trinajstić information content (AvgIpc) is 1.27. The van der Waals surface area contributed by atoms with Crippen molar-refractivity contribution in [1.82, 2.24) is 5.32 Å². The number of hydrogen-bond donors (Lipinski definition) is 6. The van der Waals surface area contributed by atoms with Gasteiger partial charge in [0.15, 0.2) is 6.29 Å². The summed E-state index contributed by atoms with van der Waals surface area (Å²) in [5.74, 6) is -0.174. The van der Waals surface area contributed by atoms with Crippen molar-refractivity contribution in [2.75, 3.05) is 19.8 Å². The standard InChI is InChI=1S/C80H147NO10/c1-3-5-7-9-11-13-14-15-16-17-35-39-42-45-48-52-56-60-64-68-76(85)89-69-65-61-57-53-49-46-43-40-37-34-32-30-28-26-24-22-20-18-19-21-23-25-27-29-31-33-36-38-41-44-47-51-55-59-63-67-75(84)81-72(73(83)66-62-58-54-50-12-10-8-6-4-2)71-90-80-79(88)78(87)77(86)74(70-82)91-80/h11,13,15-16,20,22,26,28,62,66,72-74,77-80,82-83,86-88H,3-10,12,14,17-19,21,23-25,27,29-61,63-65,67-71H2,1-2H3,(H,81,84)/b13-11-,16-15-,22-20-,28-26-,66-62+. The maximum Gasteiger partial charge on any atom is 0.305 e. The highest BCUT2D eigenvalue weighted by Crippen LogP contribution is 2.23. The van der Waals surface area contributed by atoms with Crippen LogP contribution in [0.4, 0.5) is 0 Å². The molecule has 0 aromatic rings. The molecule has 1 heterocycles. The summed E-state index contributed by atoms with van der Waals surface area (Å²) in [6.07, 6.45) is 82.6. The Balaban J connectivity index is 1.87. The van der Waals surface area contributed by atoms with Crippen LogP contribution in [-0.4, -0.2) is 100 Å². The summed E-state index contributed by atoms with van der Waals surface area (Å²) in [5, 5.41) is 54.3. The van der Waals surface area contributed by atoms with Crippen LogP contribution in [0.3, 0.4) is 0 Å². The van der Waals surface area contributed by atoms with Crippen LogP contribution in [-0.2, 0) is 23.8 Å². The maximum atomic E-state index is 13.0. The Kier molecular flexibility index (Phi) is 65.2. The van der Waals surface area contributed by atoms with Gasteiger partial charge in [0, 0.05) is 12.8 Å². The molecule has 0 aliphatic carbocycles. The number of aliphatic hydroxyl groups excluding tert-OH is 5. The summed E-state index contributed by atoms with van der Waals surface area (Å²) in [6.45, 7) is 4.32. The second kappa shape index (κ2) is 68.7. The first-order valence-electron chi connectivity index (χ1n) is 39.1. The van der Waals surface area contributed by atoms with Crippen LogP contribution in [0, 0.1) is 0 Å². The number of ether oxygens (including phenoxy) is 3. The molecule has 0 saturated carbocycles. The van der Waals surface area contributed by atoms with Crippen LogP contribution in [0.15, 0.2) is 60.8 Å². The number of unbranched alkanes of at least 4 members (excludes halogenated alkanes) is 47. The number of rotatable bonds is 69. The van der Waals surface area contributed by atoms with Gasteiger partial charge in [-0.2, -0.15) is 0 Å². The van der Waals surface area contributed by atoms with Crippen molar-refractivity contribution < 1.29 is 49.3 Å². The molecule has 0 aromatic carbocycles. The summed E-state index contributed by atoms with van der Waals surface area (Å²) < 4.78 is 16.7. The Labute approximate surface area is 560 Å². The van der Waals surface area contributed by atoms with E-state index < -0.39 is 49.5 Å². The Hall–Kier alpha value is -2.64. The summed E-state index contributed by atoms with van der Waals surface area (Å²) in [7, 11) is 0. The van der Waals surface area contributed by atoms with E-state index in [2.05, 4.69) is 67.8 Å². The minimum absolute atomic E-state index is 0.00637. The molecule has 6 N–H and O–H groups in total. The molecule has 11 nitrogen and oxygen atoms in total. The Morgan fingerprint density at radius 2 is 0.736 bits per heavy atom. The fourth-order valence-corrected chi connectivity index (χ4v) is 12.2. The molecule has 7 atom stereocenters. The fourth-order valence-electron chi connectivity index (χ4n) is 12.2. The highest BCUT2D eigenvalue weighted by atomic mass is 16.7. The van der Waals surface area contributed by atoms with Crippen LogP contribution in [0.5, 0.6) is 0 Å². The minimum atomic E-state index is -1.57. The molecule has 1 aliphatic heterocycles.